The van der Waals surface area contributed by atoms with E-state index in [2.05, 4.69) is 34.5 Å². The van der Waals surface area contributed by atoms with Crippen LogP contribution < -0.4 is 5.32 Å². The highest BCUT2D eigenvalue weighted by atomic mass is 16.2. The normalized spacial score (nSPS) is 20.6. The van der Waals surface area contributed by atoms with Gasteiger partial charge in [-0.1, -0.05) is 51.1 Å². The highest BCUT2D eigenvalue weighted by molar-refractivity contribution is 5.82. The van der Waals surface area contributed by atoms with E-state index < -0.39 is 0 Å². The Morgan fingerprint density at radius 3 is 2.65 bits per heavy atom. The molecule has 3 heteroatoms. The second-order valence-electron chi connectivity index (χ2n) is 6.65. The number of nitrogens with one attached hydrogen (secondary N) is 1. The summed E-state index contributed by atoms with van der Waals surface area (Å²) in [5.41, 5.74) is 0.993. The van der Waals surface area contributed by atoms with E-state index in [0.717, 1.165) is 32.5 Å². The Morgan fingerprint density at radius 2 is 2.00 bits per heavy atom. The van der Waals surface area contributed by atoms with Crippen LogP contribution in [0.25, 0.3) is 0 Å². The minimum Gasteiger partial charge on any atom is -0.338 e. The third-order valence-corrected chi connectivity index (χ3v) is 3.79. The van der Waals surface area contributed by atoms with E-state index >= 15 is 0 Å². The number of carbonyl (C=O) groups excluding carboxylic acids is 1. The van der Waals surface area contributed by atoms with E-state index in [-0.39, 0.29) is 17.4 Å². The molecular weight excluding hydrogens is 248 g/mol. The summed E-state index contributed by atoms with van der Waals surface area (Å²) in [5, 5.41) is 3.46. The molecule has 0 radical (unpaired) electrons. The average molecular weight is 274 g/mol. The molecule has 1 aromatic rings. The number of nitrogens with zero attached hydrogens (tertiary/aromatic N) is 1. The van der Waals surface area contributed by atoms with Gasteiger partial charge >= 0.3 is 0 Å². The van der Waals surface area contributed by atoms with Gasteiger partial charge in [0, 0.05) is 24.5 Å². The van der Waals surface area contributed by atoms with Crippen LogP contribution in [0.5, 0.6) is 0 Å². The smallest absolute Gasteiger partial charge is 0.228 e. The van der Waals surface area contributed by atoms with Gasteiger partial charge in [0.15, 0.2) is 0 Å². The van der Waals surface area contributed by atoms with Crippen molar-refractivity contribution >= 4 is 5.91 Å². The van der Waals surface area contributed by atoms with E-state index in [1.54, 1.807) is 0 Å². The van der Waals surface area contributed by atoms with Gasteiger partial charge in [-0.2, -0.15) is 0 Å². The number of carbonyl (C=O) groups is 1. The largest absolute Gasteiger partial charge is 0.338 e. The first kappa shape index (κ1) is 15.0. The van der Waals surface area contributed by atoms with E-state index in [0.29, 0.717) is 0 Å². The topological polar surface area (TPSA) is 32.3 Å². The van der Waals surface area contributed by atoms with Crippen LogP contribution in [0.2, 0.25) is 0 Å². The van der Waals surface area contributed by atoms with Crippen molar-refractivity contribution in [1.29, 1.82) is 0 Å². The van der Waals surface area contributed by atoms with Crippen molar-refractivity contribution in [3.8, 4) is 0 Å². The highest BCUT2D eigenvalue weighted by Gasteiger charge is 2.32. The zero-order chi connectivity index (χ0) is 14.6. The molecule has 1 fully saturated rings. The lowest BCUT2D eigenvalue weighted by Crippen LogP contribution is -2.49. The summed E-state index contributed by atoms with van der Waals surface area (Å²) >= 11 is 0. The Labute approximate surface area is 122 Å². The molecular formula is C17H26N2O. The fourth-order valence-corrected chi connectivity index (χ4v) is 2.70. The lowest BCUT2D eigenvalue weighted by Gasteiger charge is -2.35. The van der Waals surface area contributed by atoms with Gasteiger partial charge in [-0.05, 0) is 24.9 Å². The maximum Gasteiger partial charge on any atom is 0.228 e. The fraction of sp³-hybridized carbons (Fsp3) is 0.588. The summed E-state index contributed by atoms with van der Waals surface area (Å²) in [5.74, 6) is 0.266. The second-order valence-corrected chi connectivity index (χ2v) is 6.65. The average Bonchev–Trinajstić information content (AvgIpc) is 2.63. The Bertz CT molecular complexity index is 436. The van der Waals surface area contributed by atoms with E-state index in [1.165, 1.54) is 5.56 Å². The molecule has 20 heavy (non-hydrogen) atoms. The molecule has 0 bridgehead atoms. The van der Waals surface area contributed by atoms with Gasteiger partial charge in [-0.25, -0.2) is 0 Å². The Morgan fingerprint density at radius 1 is 1.30 bits per heavy atom. The standard InChI is InChI=1S/C17H26N2O/c1-17(2,3)16(20)19-11-7-10-18-13-15(19)12-14-8-5-4-6-9-14/h4-6,8-9,15,18H,7,10-13H2,1-3H3. The predicted molar refractivity (Wildman–Crippen MR) is 82.6 cm³/mol. The molecule has 0 aromatic heterocycles. The van der Waals surface area contributed by atoms with Crippen molar-refractivity contribution in [2.24, 2.45) is 5.41 Å². The molecule has 1 aliphatic heterocycles. The predicted octanol–water partition coefficient (Wildman–Crippen LogP) is 2.47. The first-order valence-electron chi connectivity index (χ1n) is 7.54. The minimum atomic E-state index is -0.306. The molecule has 1 saturated heterocycles. The summed E-state index contributed by atoms with van der Waals surface area (Å²) in [6.07, 6.45) is 1.96. The van der Waals surface area contributed by atoms with E-state index in [4.69, 9.17) is 0 Å². The lowest BCUT2D eigenvalue weighted by atomic mass is 9.93. The molecule has 0 saturated carbocycles. The van der Waals surface area contributed by atoms with Gasteiger partial charge in [0.05, 0.1) is 0 Å². The van der Waals surface area contributed by atoms with Crippen molar-refractivity contribution in [1.82, 2.24) is 10.2 Å². The van der Waals surface area contributed by atoms with E-state index in [1.807, 2.05) is 26.8 Å². The van der Waals surface area contributed by atoms with Gasteiger partial charge in [-0.3, -0.25) is 4.79 Å². The number of rotatable bonds is 2. The van der Waals surface area contributed by atoms with E-state index in [9.17, 15) is 4.79 Å². The lowest BCUT2D eigenvalue weighted by molar-refractivity contribution is -0.141. The van der Waals surface area contributed by atoms with Crippen molar-refractivity contribution < 1.29 is 4.79 Å². The molecule has 1 aromatic carbocycles. The summed E-state index contributed by atoms with van der Waals surface area (Å²) in [4.78, 5) is 14.8. The van der Waals surface area contributed by atoms with Crippen LogP contribution in [0, 0.1) is 5.41 Å². The maximum atomic E-state index is 12.7. The van der Waals surface area contributed by atoms with Crippen LogP contribution in [0.4, 0.5) is 0 Å². The van der Waals surface area contributed by atoms with Gasteiger partial charge in [0.25, 0.3) is 0 Å². The fourth-order valence-electron chi connectivity index (χ4n) is 2.70. The van der Waals surface area contributed by atoms with Crippen LogP contribution >= 0.6 is 0 Å². The van der Waals surface area contributed by atoms with Crippen LogP contribution in [0.3, 0.4) is 0 Å². The van der Waals surface area contributed by atoms with Crippen molar-refractivity contribution in [3.63, 3.8) is 0 Å². The Kier molecular flexibility index (Phi) is 4.81. The van der Waals surface area contributed by atoms with Crippen LogP contribution in [-0.4, -0.2) is 36.5 Å². The number of hydrogen-bond acceptors (Lipinski definition) is 2. The molecule has 0 spiro atoms. The molecule has 2 rings (SSSR count). The van der Waals surface area contributed by atoms with Crippen LogP contribution in [0.15, 0.2) is 30.3 Å². The molecule has 1 atom stereocenters. The van der Waals surface area contributed by atoms with Crippen LogP contribution in [-0.2, 0) is 11.2 Å². The quantitative estimate of drug-likeness (QED) is 0.898. The van der Waals surface area contributed by atoms with Crippen molar-refractivity contribution in [3.05, 3.63) is 35.9 Å². The third kappa shape index (κ3) is 3.83. The summed E-state index contributed by atoms with van der Waals surface area (Å²) in [6, 6.07) is 10.7. The molecule has 0 aliphatic carbocycles. The monoisotopic (exact) mass is 274 g/mol. The summed E-state index contributed by atoms with van der Waals surface area (Å²) in [6.45, 7) is 8.77. The summed E-state index contributed by atoms with van der Waals surface area (Å²) < 4.78 is 0. The minimum absolute atomic E-state index is 0.256. The molecule has 1 unspecified atom stereocenters. The molecule has 1 amide bonds. The van der Waals surface area contributed by atoms with Gasteiger partial charge in [-0.15, -0.1) is 0 Å². The zero-order valence-corrected chi connectivity index (χ0v) is 12.9. The van der Waals surface area contributed by atoms with Gasteiger partial charge < -0.3 is 10.2 Å². The number of amides is 1. The molecule has 1 N–H and O–H groups in total. The SMILES string of the molecule is CC(C)(C)C(=O)N1CCCNCC1Cc1ccccc1. The first-order chi connectivity index (χ1) is 9.48. The van der Waals surface area contributed by atoms with Gasteiger partial charge in [0.1, 0.15) is 0 Å². The van der Waals surface area contributed by atoms with Crippen molar-refractivity contribution in [2.45, 2.75) is 39.7 Å². The summed E-state index contributed by atoms with van der Waals surface area (Å²) in [7, 11) is 0. The Hall–Kier alpha value is -1.35. The Balaban J connectivity index is 2.15. The maximum absolute atomic E-state index is 12.7. The number of benzene rings is 1. The zero-order valence-electron chi connectivity index (χ0n) is 12.9. The van der Waals surface area contributed by atoms with Crippen molar-refractivity contribution in [2.75, 3.05) is 19.6 Å². The second kappa shape index (κ2) is 6.40. The highest BCUT2D eigenvalue weighted by Crippen LogP contribution is 2.21. The first-order valence-corrected chi connectivity index (χ1v) is 7.54. The molecule has 1 heterocycles. The van der Waals surface area contributed by atoms with Gasteiger partial charge in [0.2, 0.25) is 5.91 Å². The molecule has 1 aliphatic rings. The third-order valence-electron chi connectivity index (χ3n) is 3.79. The van der Waals surface area contributed by atoms with Crippen LogP contribution in [0.1, 0.15) is 32.8 Å². The molecule has 3 nitrogen and oxygen atoms in total. The number of hydrogen-bond donors (Lipinski definition) is 1. The molecule has 110 valence electrons.